The lowest BCUT2D eigenvalue weighted by molar-refractivity contribution is -0.122. The molecule has 0 aromatic heterocycles. The monoisotopic (exact) mass is 248 g/mol. The van der Waals surface area contributed by atoms with Crippen molar-refractivity contribution in [3.63, 3.8) is 0 Å². The van der Waals surface area contributed by atoms with Gasteiger partial charge in [0.2, 0.25) is 5.91 Å². The molecular weight excluding hydrogens is 228 g/mol. The zero-order chi connectivity index (χ0) is 12.8. The van der Waals surface area contributed by atoms with Crippen LogP contribution in [0.1, 0.15) is 27.7 Å². The molecule has 5 nitrogen and oxygen atoms in total. The van der Waals surface area contributed by atoms with E-state index in [1.54, 1.807) is 27.7 Å². The highest BCUT2D eigenvalue weighted by atomic mass is 32.1. The van der Waals surface area contributed by atoms with Gasteiger partial charge in [0, 0.05) is 12.3 Å². The summed E-state index contributed by atoms with van der Waals surface area (Å²) in [5.74, 6) is 0.310. The Balaban J connectivity index is 3.99. The van der Waals surface area contributed by atoms with Gasteiger partial charge in [0.25, 0.3) is 0 Å². The number of nitrogens with one attached hydrogen (secondary N) is 2. The van der Waals surface area contributed by atoms with Gasteiger partial charge < -0.3 is 15.4 Å². The number of carbonyl (C=O) groups is 2. The predicted molar refractivity (Wildman–Crippen MR) is 65.7 cm³/mol. The van der Waals surface area contributed by atoms with E-state index in [1.165, 1.54) is 0 Å². The summed E-state index contributed by atoms with van der Waals surface area (Å²) in [4.78, 5) is 22.7. The zero-order valence-corrected chi connectivity index (χ0v) is 11.1. The lowest BCUT2D eigenvalue weighted by Crippen LogP contribution is -2.46. The predicted octanol–water partition coefficient (Wildman–Crippen LogP) is 0.946. The quantitative estimate of drug-likeness (QED) is 0.649. The normalized spacial score (nSPS) is 12.8. The molecule has 94 valence electrons. The molecular formula is C10H20N2O3S. The fraction of sp³-hybridized carbons (Fsp3) is 0.800. The number of carbonyl (C=O) groups excluding carboxylic acids is 2. The van der Waals surface area contributed by atoms with Crippen LogP contribution in [0.15, 0.2) is 0 Å². The van der Waals surface area contributed by atoms with E-state index in [2.05, 4.69) is 23.3 Å². The number of alkyl carbamates (subject to hydrolysis) is 1. The van der Waals surface area contributed by atoms with E-state index in [0.29, 0.717) is 12.3 Å². The Bertz CT molecular complexity index is 251. The average Bonchev–Trinajstić information content (AvgIpc) is 2.10. The van der Waals surface area contributed by atoms with Crippen molar-refractivity contribution in [2.75, 3.05) is 12.3 Å². The topological polar surface area (TPSA) is 67.4 Å². The van der Waals surface area contributed by atoms with E-state index in [0.717, 1.165) is 0 Å². The average molecular weight is 248 g/mol. The molecule has 16 heavy (non-hydrogen) atoms. The molecule has 0 radical (unpaired) electrons. The Kier molecular flexibility index (Phi) is 6.25. The lowest BCUT2D eigenvalue weighted by atomic mass is 10.2. The Morgan fingerprint density at radius 3 is 2.38 bits per heavy atom. The van der Waals surface area contributed by atoms with Gasteiger partial charge in [-0.1, -0.05) is 0 Å². The Morgan fingerprint density at radius 1 is 1.38 bits per heavy atom. The van der Waals surface area contributed by atoms with E-state index >= 15 is 0 Å². The second-order valence-corrected chi connectivity index (χ2v) is 4.83. The number of amides is 2. The number of hydrogen-bond donors (Lipinski definition) is 3. The zero-order valence-electron chi connectivity index (χ0n) is 10.2. The Hall–Kier alpha value is -0.910. The molecule has 2 amide bonds. The number of hydrogen-bond acceptors (Lipinski definition) is 4. The van der Waals surface area contributed by atoms with E-state index in [1.807, 2.05) is 0 Å². The van der Waals surface area contributed by atoms with Crippen molar-refractivity contribution in [3.8, 4) is 0 Å². The SMILES string of the molecule is C[C@H](NC(=O)OC(C)(C)C)C(=O)NCCS. The van der Waals surface area contributed by atoms with Crippen molar-refractivity contribution >= 4 is 24.6 Å². The molecule has 0 aromatic carbocycles. The minimum Gasteiger partial charge on any atom is -0.444 e. The lowest BCUT2D eigenvalue weighted by Gasteiger charge is -2.21. The Labute approximate surface area is 102 Å². The maximum atomic E-state index is 11.4. The molecule has 0 aromatic rings. The highest BCUT2D eigenvalue weighted by molar-refractivity contribution is 7.80. The van der Waals surface area contributed by atoms with Gasteiger partial charge in [0.05, 0.1) is 0 Å². The summed E-state index contributed by atoms with van der Waals surface area (Å²) in [6, 6.07) is -0.616. The van der Waals surface area contributed by atoms with Crippen molar-refractivity contribution in [3.05, 3.63) is 0 Å². The van der Waals surface area contributed by atoms with Crippen molar-refractivity contribution in [2.24, 2.45) is 0 Å². The minimum absolute atomic E-state index is 0.250. The number of thiol groups is 1. The molecule has 2 N–H and O–H groups in total. The van der Waals surface area contributed by atoms with Gasteiger partial charge in [0.15, 0.2) is 0 Å². The molecule has 0 heterocycles. The summed E-state index contributed by atoms with van der Waals surface area (Å²) >= 11 is 3.96. The third-order valence-electron chi connectivity index (χ3n) is 1.54. The first-order chi connectivity index (χ1) is 7.26. The first-order valence-electron chi connectivity index (χ1n) is 5.14. The van der Waals surface area contributed by atoms with E-state index in [9.17, 15) is 9.59 Å². The molecule has 0 unspecified atom stereocenters. The summed E-state index contributed by atoms with van der Waals surface area (Å²) in [6.45, 7) is 7.36. The molecule has 0 aliphatic rings. The summed E-state index contributed by atoms with van der Waals surface area (Å²) in [7, 11) is 0. The maximum absolute atomic E-state index is 11.4. The van der Waals surface area contributed by atoms with Crippen molar-refractivity contribution < 1.29 is 14.3 Å². The number of rotatable bonds is 4. The Morgan fingerprint density at radius 2 is 1.94 bits per heavy atom. The van der Waals surface area contributed by atoms with Crippen LogP contribution in [0.2, 0.25) is 0 Å². The third-order valence-corrected chi connectivity index (χ3v) is 1.76. The summed E-state index contributed by atoms with van der Waals surface area (Å²) in [6.07, 6.45) is -0.596. The van der Waals surface area contributed by atoms with Crippen LogP contribution in [0, 0.1) is 0 Å². The van der Waals surface area contributed by atoms with Crippen LogP contribution in [0.5, 0.6) is 0 Å². The molecule has 0 rings (SSSR count). The van der Waals surface area contributed by atoms with Gasteiger partial charge in [-0.15, -0.1) is 0 Å². The third kappa shape index (κ3) is 7.39. The van der Waals surface area contributed by atoms with Crippen LogP contribution in [0.3, 0.4) is 0 Å². The van der Waals surface area contributed by atoms with Crippen LogP contribution < -0.4 is 10.6 Å². The van der Waals surface area contributed by atoms with E-state index in [-0.39, 0.29) is 5.91 Å². The van der Waals surface area contributed by atoms with Gasteiger partial charge in [0.1, 0.15) is 11.6 Å². The molecule has 1 atom stereocenters. The molecule has 0 saturated heterocycles. The maximum Gasteiger partial charge on any atom is 0.408 e. The first kappa shape index (κ1) is 15.1. The first-order valence-corrected chi connectivity index (χ1v) is 5.77. The standard InChI is InChI=1S/C10H20N2O3S/c1-7(8(13)11-5-6-16)12-9(14)15-10(2,3)4/h7,16H,5-6H2,1-4H3,(H,11,13)(H,12,14)/t7-/m0/s1. The minimum atomic E-state index is -0.616. The summed E-state index contributed by atoms with van der Waals surface area (Å²) in [5, 5.41) is 5.06. The van der Waals surface area contributed by atoms with Gasteiger partial charge >= 0.3 is 6.09 Å². The molecule has 0 saturated carbocycles. The van der Waals surface area contributed by atoms with E-state index in [4.69, 9.17) is 4.74 Å². The molecule has 0 aliphatic carbocycles. The highest BCUT2D eigenvalue weighted by Gasteiger charge is 2.20. The van der Waals surface area contributed by atoms with Crippen molar-refractivity contribution in [1.82, 2.24) is 10.6 Å². The molecule has 0 aliphatic heterocycles. The second kappa shape index (κ2) is 6.62. The van der Waals surface area contributed by atoms with Crippen LogP contribution in [0.4, 0.5) is 4.79 Å². The fourth-order valence-corrected chi connectivity index (χ4v) is 0.994. The smallest absolute Gasteiger partial charge is 0.408 e. The second-order valence-electron chi connectivity index (χ2n) is 4.38. The van der Waals surface area contributed by atoms with Crippen LogP contribution in [-0.2, 0) is 9.53 Å². The van der Waals surface area contributed by atoms with Gasteiger partial charge in [-0.3, -0.25) is 4.79 Å². The molecule has 0 spiro atoms. The van der Waals surface area contributed by atoms with Crippen LogP contribution in [0.25, 0.3) is 0 Å². The summed E-state index contributed by atoms with van der Waals surface area (Å²) < 4.78 is 5.02. The van der Waals surface area contributed by atoms with Gasteiger partial charge in [-0.25, -0.2) is 4.79 Å². The highest BCUT2D eigenvalue weighted by Crippen LogP contribution is 2.06. The number of ether oxygens (including phenoxy) is 1. The molecule has 0 bridgehead atoms. The van der Waals surface area contributed by atoms with Crippen LogP contribution >= 0.6 is 12.6 Å². The molecule has 6 heteroatoms. The van der Waals surface area contributed by atoms with E-state index < -0.39 is 17.7 Å². The summed E-state index contributed by atoms with van der Waals surface area (Å²) in [5.41, 5.74) is -0.564. The van der Waals surface area contributed by atoms with Crippen molar-refractivity contribution in [1.29, 1.82) is 0 Å². The molecule has 0 fully saturated rings. The van der Waals surface area contributed by atoms with Crippen LogP contribution in [-0.4, -0.2) is 35.9 Å². The largest absolute Gasteiger partial charge is 0.444 e. The van der Waals surface area contributed by atoms with Gasteiger partial charge in [-0.05, 0) is 27.7 Å². The fourth-order valence-electron chi connectivity index (χ4n) is 0.882. The van der Waals surface area contributed by atoms with Crippen molar-refractivity contribution in [2.45, 2.75) is 39.3 Å². The van der Waals surface area contributed by atoms with Gasteiger partial charge in [-0.2, -0.15) is 12.6 Å².